The average molecular weight is 440 g/mol. The van der Waals surface area contributed by atoms with Crippen LogP contribution in [0.1, 0.15) is 31.9 Å². The van der Waals surface area contributed by atoms with Gasteiger partial charge in [0.05, 0.1) is 5.69 Å². The summed E-state index contributed by atoms with van der Waals surface area (Å²) in [6.45, 7) is 7.67. The van der Waals surface area contributed by atoms with Crippen LogP contribution in [0.4, 0.5) is 11.8 Å². The number of fused-ring (bicyclic) bond motifs is 3. The number of hydrogen-bond acceptors (Lipinski definition) is 6. The van der Waals surface area contributed by atoms with Crippen molar-refractivity contribution < 1.29 is 0 Å². The standard InChI is InChI=1S/C26H29N7/c1-3-31-16-22-14-21(31)17-33(22)26-30-23(15-25-28-11-12-32(25)26)20-9-10-27-24(13-20)29-18(2)19-7-5-4-6-8-19/h4-13,15,18,21-22H,3,14,16-17H2,1-2H3,(H,27,29)/t18?,21-,22-/m0/s1. The van der Waals surface area contributed by atoms with Gasteiger partial charge in [0.15, 0.2) is 0 Å². The van der Waals surface area contributed by atoms with Crippen LogP contribution in [0.15, 0.2) is 67.1 Å². The molecular weight excluding hydrogens is 410 g/mol. The van der Waals surface area contributed by atoms with Crippen molar-refractivity contribution in [2.45, 2.75) is 38.4 Å². The van der Waals surface area contributed by atoms with Crippen molar-refractivity contribution in [3.8, 4) is 11.3 Å². The van der Waals surface area contributed by atoms with Gasteiger partial charge in [0.25, 0.3) is 0 Å². The Morgan fingerprint density at radius 1 is 1.03 bits per heavy atom. The predicted octanol–water partition coefficient (Wildman–Crippen LogP) is 4.25. The van der Waals surface area contributed by atoms with E-state index in [9.17, 15) is 0 Å². The van der Waals surface area contributed by atoms with Gasteiger partial charge < -0.3 is 10.2 Å². The minimum absolute atomic E-state index is 0.161. The fourth-order valence-electron chi connectivity index (χ4n) is 5.35. The zero-order chi connectivity index (χ0) is 22.4. The first-order chi connectivity index (χ1) is 16.2. The van der Waals surface area contributed by atoms with E-state index in [1.54, 1.807) is 0 Å². The Morgan fingerprint density at radius 2 is 1.91 bits per heavy atom. The topological polar surface area (TPSA) is 61.6 Å². The second kappa shape index (κ2) is 8.15. The zero-order valence-corrected chi connectivity index (χ0v) is 19.1. The average Bonchev–Trinajstić information content (AvgIpc) is 3.59. The van der Waals surface area contributed by atoms with Crippen LogP contribution in [0.5, 0.6) is 0 Å². The van der Waals surface area contributed by atoms with E-state index in [4.69, 9.17) is 4.98 Å². The minimum atomic E-state index is 0.161. The minimum Gasteiger partial charge on any atom is -0.364 e. The Labute approximate surface area is 194 Å². The van der Waals surface area contributed by atoms with Crippen LogP contribution in [0, 0.1) is 0 Å². The maximum absolute atomic E-state index is 5.15. The molecule has 0 spiro atoms. The molecule has 168 valence electrons. The largest absolute Gasteiger partial charge is 0.364 e. The number of anilines is 2. The SMILES string of the molecule is CCN1C[C@@H]2C[C@H]1CN2c1nc(-c2ccnc(NC(C)c3ccccc3)c2)cc2nccn12. The molecule has 3 aromatic heterocycles. The summed E-state index contributed by atoms with van der Waals surface area (Å²) in [7, 11) is 0. The molecule has 4 aromatic rings. The van der Waals surface area contributed by atoms with Crippen molar-refractivity contribution in [3.63, 3.8) is 0 Å². The zero-order valence-electron chi connectivity index (χ0n) is 19.1. The number of likely N-dealkylation sites (N-methyl/N-ethyl adjacent to an activating group) is 1. The number of pyridine rings is 1. The molecular formula is C26H29N7. The van der Waals surface area contributed by atoms with Gasteiger partial charge in [-0.3, -0.25) is 9.30 Å². The lowest BCUT2D eigenvalue weighted by Crippen LogP contribution is -2.47. The molecule has 2 fully saturated rings. The van der Waals surface area contributed by atoms with Crippen LogP contribution in [0.2, 0.25) is 0 Å². The molecule has 5 heterocycles. The third-order valence-electron chi connectivity index (χ3n) is 7.11. The van der Waals surface area contributed by atoms with E-state index < -0.39 is 0 Å². The molecule has 0 radical (unpaired) electrons. The van der Waals surface area contributed by atoms with Gasteiger partial charge in [-0.25, -0.2) is 15.0 Å². The molecule has 0 aliphatic carbocycles. The fraction of sp³-hybridized carbons (Fsp3) is 0.346. The van der Waals surface area contributed by atoms with Gasteiger partial charge in [0.2, 0.25) is 5.95 Å². The molecule has 0 saturated carbocycles. The van der Waals surface area contributed by atoms with E-state index in [1.807, 2.05) is 30.7 Å². The number of piperazine rings is 1. The molecule has 3 atom stereocenters. The normalized spacial score (nSPS) is 21.1. The molecule has 1 N–H and O–H groups in total. The summed E-state index contributed by atoms with van der Waals surface area (Å²) in [6, 6.07) is 17.9. The number of benzene rings is 1. The highest BCUT2D eigenvalue weighted by molar-refractivity contribution is 5.68. The fourth-order valence-corrected chi connectivity index (χ4v) is 5.35. The number of likely N-dealkylation sites (tertiary alicyclic amines) is 1. The Bertz CT molecular complexity index is 1270. The Hall–Kier alpha value is -3.45. The van der Waals surface area contributed by atoms with E-state index in [-0.39, 0.29) is 6.04 Å². The number of imidazole rings is 1. The summed E-state index contributed by atoms with van der Waals surface area (Å²) in [5.74, 6) is 1.83. The highest BCUT2D eigenvalue weighted by Gasteiger charge is 2.43. The van der Waals surface area contributed by atoms with E-state index in [2.05, 4.69) is 79.7 Å². The summed E-state index contributed by atoms with van der Waals surface area (Å²) in [5, 5.41) is 3.53. The second-order valence-electron chi connectivity index (χ2n) is 9.09. The van der Waals surface area contributed by atoms with E-state index >= 15 is 0 Å². The van der Waals surface area contributed by atoms with Gasteiger partial charge in [-0.15, -0.1) is 0 Å². The third-order valence-corrected chi connectivity index (χ3v) is 7.11. The van der Waals surface area contributed by atoms with Crippen molar-refractivity contribution in [3.05, 3.63) is 72.7 Å². The van der Waals surface area contributed by atoms with Crippen LogP contribution < -0.4 is 10.2 Å². The van der Waals surface area contributed by atoms with Crippen molar-refractivity contribution in [1.29, 1.82) is 0 Å². The number of nitrogens with zero attached hydrogens (tertiary/aromatic N) is 6. The van der Waals surface area contributed by atoms with E-state index in [0.29, 0.717) is 12.1 Å². The number of hydrogen-bond donors (Lipinski definition) is 1. The smallest absolute Gasteiger partial charge is 0.212 e. The summed E-state index contributed by atoms with van der Waals surface area (Å²) in [6.07, 6.45) is 6.95. The number of aromatic nitrogens is 4. The second-order valence-corrected chi connectivity index (χ2v) is 9.09. The lowest BCUT2D eigenvalue weighted by molar-refractivity contribution is 0.250. The Morgan fingerprint density at radius 3 is 2.70 bits per heavy atom. The Kier molecular flexibility index (Phi) is 4.99. The number of rotatable bonds is 6. The molecule has 2 aliphatic heterocycles. The summed E-state index contributed by atoms with van der Waals surface area (Å²) >= 11 is 0. The molecule has 1 unspecified atom stereocenters. The maximum Gasteiger partial charge on any atom is 0.212 e. The van der Waals surface area contributed by atoms with Crippen LogP contribution in [0.25, 0.3) is 16.9 Å². The van der Waals surface area contributed by atoms with Crippen molar-refractivity contribution >= 4 is 17.4 Å². The Balaban J connectivity index is 1.32. The highest BCUT2D eigenvalue weighted by Crippen LogP contribution is 2.35. The summed E-state index contributed by atoms with van der Waals surface area (Å²) in [5.41, 5.74) is 4.12. The van der Waals surface area contributed by atoms with Crippen molar-refractivity contribution in [1.82, 2.24) is 24.3 Å². The highest BCUT2D eigenvalue weighted by atomic mass is 15.4. The van der Waals surface area contributed by atoms with Gasteiger partial charge >= 0.3 is 0 Å². The first-order valence-electron chi connectivity index (χ1n) is 11.8. The lowest BCUT2D eigenvalue weighted by Gasteiger charge is -2.34. The van der Waals surface area contributed by atoms with Gasteiger partial charge in [-0.05, 0) is 37.6 Å². The van der Waals surface area contributed by atoms with E-state index in [0.717, 1.165) is 48.3 Å². The molecule has 1 aromatic carbocycles. The first kappa shape index (κ1) is 20.2. The van der Waals surface area contributed by atoms with E-state index in [1.165, 1.54) is 12.0 Å². The molecule has 7 heteroatoms. The molecule has 6 rings (SSSR count). The molecule has 2 saturated heterocycles. The summed E-state index contributed by atoms with van der Waals surface area (Å²) in [4.78, 5) is 19.4. The van der Waals surface area contributed by atoms with Crippen LogP contribution in [0.3, 0.4) is 0 Å². The molecule has 7 nitrogen and oxygen atoms in total. The monoisotopic (exact) mass is 439 g/mol. The van der Waals surface area contributed by atoms with Crippen LogP contribution in [-0.2, 0) is 0 Å². The first-order valence-corrected chi connectivity index (χ1v) is 11.8. The van der Waals surface area contributed by atoms with Gasteiger partial charge in [-0.2, -0.15) is 0 Å². The van der Waals surface area contributed by atoms with Crippen LogP contribution in [-0.4, -0.2) is 56.0 Å². The summed E-state index contributed by atoms with van der Waals surface area (Å²) < 4.78 is 2.12. The predicted molar refractivity (Wildman–Crippen MR) is 131 cm³/mol. The van der Waals surface area contributed by atoms with Crippen molar-refractivity contribution in [2.75, 3.05) is 29.9 Å². The molecule has 33 heavy (non-hydrogen) atoms. The maximum atomic E-state index is 5.15. The molecule has 2 bridgehead atoms. The van der Waals surface area contributed by atoms with Crippen LogP contribution >= 0.6 is 0 Å². The van der Waals surface area contributed by atoms with Gasteiger partial charge in [0, 0.05) is 61.4 Å². The lowest BCUT2D eigenvalue weighted by atomic mass is 10.1. The van der Waals surface area contributed by atoms with Gasteiger partial charge in [0.1, 0.15) is 11.5 Å². The molecule has 2 aliphatic rings. The third kappa shape index (κ3) is 3.62. The molecule has 0 amide bonds. The van der Waals surface area contributed by atoms with Crippen molar-refractivity contribution in [2.24, 2.45) is 0 Å². The quantitative estimate of drug-likeness (QED) is 0.485. The van der Waals surface area contributed by atoms with Gasteiger partial charge in [-0.1, -0.05) is 37.3 Å². The number of nitrogens with one attached hydrogen (secondary N) is 1.